The van der Waals surface area contributed by atoms with E-state index >= 15 is 0 Å². The molecule has 2 aromatic carbocycles. The van der Waals surface area contributed by atoms with Crippen molar-refractivity contribution in [1.29, 1.82) is 0 Å². The Kier molecular flexibility index (Phi) is 5.38. The normalized spacial score (nSPS) is 14.6. The molecule has 5 rings (SSSR count). The van der Waals surface area contributed by atoms with Crippen LogP contribution in [0.5, 0.6) is 0 Å². The number of aromatic nitrogens is 3. The van der Waals surface area contributed by atoms with Crippen LogP contribution >= 0.6 is 0 Å². The fraction of sp³-hybridized carbons (Fsp3) is 0.320. The van der Waals surface area contributed by atoms with Gasteiger partial charge in [0.1, 0.15) is 22.8 Å². The van der Waals surface area contributed by atoms with Gasteiger partial charge in [0.15, 0.2) is 0 Å². The number of imidazole rings is 1. The first-order chi connectivity index (χ1) is 16.6. The highest BCUT2D eigenvalue weighted by Crippen LogP contribution is 2.31. The molecule has 4 aromatic rings. The lowest BCUT2D eigenvalue weighted by molar-refractivity contribution is 0.0240. The number of hydrogen-bond acceptors (Lipinski definition) is 6. The average Bonchev–Trinajstić information content (AvgIpc) is 3.20. The zero-order chi connectivity index (χ0) is 24.9. The number of halogens is 1. The van der Waals surface area contributed by atoms with Crippen LogP contribution in [0.1, 0.15) is 20.8 Å². The number of nitrogen functional groups attached to an aromatic ring is 1. The topological polar surface area (TPSA) is 120 Å². The first-order valence-corrected chi connectivity index (χ1v) is 11.4. The number of ether oxygens (including phenoxy) is 1. The molecule has 10 heteroatoms. The quantitative estimate of drug-likeness (QED) is 0.403. The molecular formula is C25H27FN6O3. The molecule has 182 valence electrons. The number of H-pyrrole nitrogens is 2. The zero-order valence-electron chi connectivity index (χ0n) is 19.8. The Bertz CT molecular complexity index is 1500. The third kappa shape index (κ3) is 4.27. The molecule has 1 aliphatic rings. The number of piperazine rings is 1. The van der Waals surface area contributed by atoms with Crippen LogP contribution in [0.15, 0.2) is 41.2 Å². The van der Waals surface area contributed by atoms with Crippen molar-refractivity contribution in [3.05, 3.63) is 52.6 Å². The highest BCUT2D eigenvalue weighted by molar-refractivity contribution is 5.98. The Morgan fingerprint density at radius 1 is 1.09 bits per heavy atom. The number of nitrogens with zero attached hydrogens (tertiary/aromatic N) is 3. The van der Waals surface area contributed by atoms with Crippen LogP contribution in [-0.4, -0.2) is 57.7 Å². The van der Waals surface area contributed by atoms with Crippen LogP contribution in [0, 0.1) is 5.82 Å². The smallest absolute Gasteiger partial charge is 0.410 e. The van der Waals surface area contributed by atoms with Gasteiger partial charge in [-0.15, -0.1) is 0 Å². The van der Waals surface area contributed by atoms with Crippen molar-refractivity contribution >= 4 is 39.4 Å². The molecule has 2 aromatic heterocycles. The lowest BCUT2D eigenvalue weighted by Crippen LogP contribution is -2.50. The number of aromatic amines is 2. The lowest BCUT2D eigenvalue weighted by atomic mass is 10.1. The lowest BCUT2D eigenvalue weighted by Gasteiger charge is -2.36. The molecule has 0 bridgehead atoms. The van der Waals surface area contributed by atoms with Crippen molar-refractivity contribution in [1.82, 2.24) is 19.9 Å². The van der Waals surface area contributed by atoms with E-state index in [1.807, 2.05) is 39.0 Å². The molecule has 0 spiro atoms. The number of nitrogens with one attached hydrogen (secondary N) is 2. The van der Waals surface area contributed by atoms with Gasteiger partial charge in [-0.1, -0.05) is 6.07 Å². The van der Waals surface area contributed by atoms with Gasteiger partial charge >= 0.3 is 6.09 Å². The largest absolute Gasteiger partial charge is 0.444 e. The SMILES string of the molecule is CC(C)(C)OC(=O)N1CCN(c2ccc3nc(-c4c(N)c5c(F)cccc5[nH]c4=O)[nH]c3c2)CC1. The predicted octanol–water partition coefficient (Wildman–Crippen LogP) is 3.85. The van der Waals surface area contributed by atoms with Gasteiger partial charge in [-0.05, 0) is 51.1 Å². The summed E-state index contributed by atoms with van der Waals surface area (Å²) >= 11 is 0. The van der Waals surface area contributed by atoms with Crippen molar-refractivity contribution in [2.24, 2.45) is 0 Å². The van der Waals surface area contributed by atoms with E-state index in [0.717, 1.165) is 11.2 Å². The minimum atomic E-state index is -0.528. The van der Waals surface area contributed by atoms with E-state index in [4.69, 9.17) is 10.5 Å². The number of carbonyl (C=O) groups excluding carboxylic acids is 1. The molecule has 0 unspecified atom stereocenters. The molecule has 0 aliphatic carbocycles. The van der Waals surface area contributed by atoms with Crippen molar-refractivity contribution in [2.45, 2.75) is 26.4 Å². The third-order valence-electron chi connectivity index (χ3n) is 6.03. The monoisotopic (exact) mass is 478 g/mol. The van der Waals surface area contributed by atoms with Gasteiger partial charge < -0.3 is 30.2 Å². The summed E-state index contributed by atoms with van der Waals surface area (Å²) in [6.07, 6.45) is -0.305. The molecule has 1 aliphatic heterocycles. The molecule has 35 heavy (non-hydrogen) atoms. The minimum absolute atomic E-state index is 0.0411. The maximum absolute atomic E-state index is 14.4. The van der Waals surface area contributed by atoms with E-state index in [9.17, 15) is 14.0 Å². The Hall–Kier alpha value is -4.08. The Labute approximate surface area is 200 Å². The van der Waals surface area contributed by atoms with Gasteiger partial charge in [0.2, 0.25) is 0 Å². The van der Waals surface area contributed by atoms with Crippen molar-refractivity contribution in [3.8, 4) is 11.4 Å². The molecular weight excluding hydrogens is 451 g/mol. The van der Waals surface area contributed by atoms with Crippen LogP contribution in [0.4, 0.5) is 20.6 Å². The van der Waals surface area contributed by atoms with E-state index in [0.29, 0.717) is 37.2 Å². The summed E-state index contributed by atoms with van der Waals surface area (Å²) in [6.45, 7) is 7.97. The Morgan fingerprint density at radius 3 is 2.54 bits per heavy atom. The highest BCUT2D eigenvalue weighted by atomic mass is 19.1. The zero-order valence-corrected chi connectivity index (χ0v) is 19.8. The summed E-state index contributed by atoms with van der Waals surface area (Å²) in [4.78, 5) is 39.4. The van der Waals surface area contributed by atoms with E-state index in [1.165, 1.54) is 12.1 Å². The summed E-state index contributed by atoms with van der Waals surface area (Å²) in [5, 5.41) is 0.158. The van der Waals surface area contributed by atoms with Crippen molar-refractivity contribution in [3.63, 3.8) is 0 Å². The first-order valence-electron chi connectivity index (χ1n) is 11.4. The number of pyridine rings is 1. The van der Waals surface area contributed by atoms with Crippen LogP contribution in [-0.2, 0) is 4.74 Å². The number of fused-ring (bicyclic) bond motifs is 2. The Morgan fingerprint density at radius 2 is 1.83 bits per heavy atom. The first kappa shape index (κ1) is 22.7. The average molecular weight is 479 g/mol. The van der Waals surface area contributed by atoms with E-state index < -0.39 is 17.0 Å². The highest BCUT2D eigenvalue weighted by Gasteiger charge is 2.26. The molecule has 1 saturated heterocycles. The summed E-state index contributed by atoms with van der Waals surface area (Å²) in [7, 11) is 0. The number of anilines is 2. The second-order valence-corrected chi connectivity index (χ2v) is 9.65. The molecule has 1 fully saturated rings. The van der Waals surface area contributed by atoms with Crippen LogP contribution < -0.4 is 16.2 Å². The number of nitrogens with two attached hydrogens (primary N) is 1. The fourth-order valence-electron chi connectivity index (χ4n) is 4.36. The summed E-state index contributed by atoms with van der Waals surface area (Å²) in [6, 6.07) is 10.2. The van der Waals surface area contributed by atoms with Crippen LogP contribution in [0.25, 0.3) is 33.3 Å². The maximum Gasteiger partial charge on any atom is 0.410 e. The molecule has 9 nitrogen and oxygen atoms in total. The third-order valence-corrected chi connectivity index (χ3v) is 6.03. The number of hydrogen-bond donors (Lipinski definition) is 3. The number of benzene rings is 2. The molecule has 0 radical (unpaired) electrons. The van der Waals surface area contributed by atoms with Crippen LogP contribution in [0.3, 0.4) is 0 Å². The number of carbonyl (C=O) groups is 1. The van der Waals surface area contributed by atoms with Crippen LogP contribution in [0.2, 0.25) is 0 Å². The van der Waals surface area contributed by atoms with Crippen molar-refractivity contribution < 1.29 is 13.9 Å². The van der Waals surface area contributed by atoms with Gasteiger partial charge in [-0.3, -0.25) is 4.79 Å². The molecule has 4 N–H and O–H groups in total. The predicted molar refractivity (Wildman–Crippen MR) is 134 cm³/mol. The van der Waals surface area contributed by atoms with Crippen molar-refractivity contribution in [2.75, 3.05) is 36.8 Å². The van der Waals surface area contributed by atoms with Gasteiger partial charge in [0.25, 0.3) is 5.56 Å². The van der Waals surface area contributed by atoms with Gasteiger partial charge in [-0.25, -0.2) is 14.2 Å². The minimum Gasteiger partial charge on any atom is -0.444 e. The molecule has 0 atom stereocenters. The second-order valence-electron chi connectivity index (χ2n) is 9.65. The Balaban J connectivity index is 1.41. The number of rotatable bonds is 2. The van der Waals surface area contributed by atoms with Gasteiger partial charge in [0, 0.05) is 31.9 Å². The summed E-state index contributed by atoms with van der Waals surface area (Å²) in [5.74, 6) is -0.239. The van der Waals surface area contributed by atoms with E-state index in [1.54, 1.807) is 11.0 Å². The maximum atomic E-state index is 14.4. The molecule has 1 amide bonds. The fourth-order valence-corrected chi connectivity index (χ4v) is 4.36. The summed E-state index contributed by atoms with van der Waals surface area (Å²) in [5.41, 5.74) is 8.07. The standard InChI is InChI=1S/C25H27FN6O3/c1-25(2,3)35-24(34)32-11-9-31(10-12-32)14-7-8-16-18(13-14)29-22(28-16)20-21(27)19-15(26)5-4-6-17(19)30-23(20)33/h4-8,13H,9-12H2,1-3H3,(H,28,29)(H3,27,30,33). The summed E-state index contributed by atoms with van der Waals surface area (Å²) < 4.78 is 19.9. The van der Waals surface area contributed by atoms with Gasteiger partial charge in [0.05, 0.1) is 27.6 Å². The second kappa shape index (κ2) is 8.30. The number of amides is 1. The van der Waals surface area contributed by atoms with Gasteiger partial charge in [-0.2, -0.15) is 0 Å². The molecule has 3 heterocycles. The van der Waals surface area contributed by atoms with E-state index in [-0.39, 0.29) is 28.6 Å². The molecule has 0 saturated carbocycles. The van der Waals surface area contributed by atoms with E-state index in [2.05, 4.69) is 19.9 Å².